The van der Waals surface area contributed by atoms with Crippen LogP contribution in [0.15, 0.2) is 33.9 Å². The Kier molecular flexibility index (Phi) is 9.08. The Hall–Kier alpha value is -3.46. The lowest BCUT2D eigenvalue weighted by atomic mass is 10.0. The van der Waals surface area contributed by atoms with Gasteiger partial charge < -0.3 is 18.9 Å². The van der Waals surface area contributed by atoms with E-state index < -0.39 is 34.5 Å². The molecule has 1 atom stereocenters. The number of hydrogen-bond acceptors (Lipinski definition) is 9. The molecule has 0 radical (unpaired) electrons. The van der Waals surface area contributed by atoms with Crippen LogP contribution in [-0.2, 0) is 31.1 Å². The summed E-state index contributed by atoms with van der Waals surface area (Å²) in [6.45, 7) is 11.7. The highest BCUT2D eigenvalue weighted by Gasteiger charge is 2.39. The summed E-state index contributed by atoms with van der Waals surface area (Å²) in [4.78, 5) is 42.6. The Morgan fingerprint density at radius 2 is 1.80 bits per heavy atom. The molecule has 0 amide bonds. The van der Waals surface area contributed by atoms with E-state index in [-0.39, 0.29) is 18.0 Å². The van der Waals surface area contributed by atoms with E-state index >= 15 is 0 Å². The summed E-state index contributed by atoms with van der Waals surface area (Å²) >= 11 is 1.09. The first-order chi connectivity index (χ1) is 20.8. The fourth-order valence-electron chi connectivity index (χ4n) is 5.40. The number of nitriles is 1. The predicted octanol–water partition coefficient (Wildman–Crippen LogP) is 5.21. The highest BCUT2D eigenvalue weighted by atomic mass is 32.1. The van der Waals surface area contributed by atoms with Crippen molar-refractivity contribution in [1.29, 1.82) is 5.26 Å². The van der Waals surface area contributed by atoms with E-state index in [1.54, 1.807) is 27.7 Å². The van der Waals surface area contributed by atoms with E-state index in [1.165, 1.54) is 18.4 Å². The van der Waals surface area contributed by atoms with Gasteiger partial charge in [0.2, 0.25) is 0 Å². The predicted molar refractivity (Wildman–Crippen MR) is 167 cm³/mol. The van der Waals surface area contributed by atoms with E-state index in [0.29, 0.717) is 59.6 Å². The van der Waals surface area contributed by atoms with E-state index in [1.807, 2.05) is 24.3 Å². The molecule has 1 aliphatic heterocycles. The van der Waals surface area contributed by atoms with Gasteiger partial charge in [0, 0.05) is 18.8 Å². The van der Waals surface area contributed by atoms with Gasteiger partial charge in [0.1, 0.15) is 38.8 Å². The number of nitrogens with zero attached hydrogens (tertiary/aromatic N) is 3. The Bertz CT molecular complexity index is 1700. The molecular formula is C33H41N3O7S. The van der Waals surface area contributed by atoms with Gasteiger partial charge in [0.25, 0.3) is 5.56 Å². The standard InChI is InChI=1S/C33H41N3O7S/c1-20-26(17-34)44-29-27(20)28(37)36(33(5,6)30(38)43-32(2,3)4)31(39)35(29)18-25(42-22-13-15-40-16-14-22)23-9-7-8-10-24(23)41-19-21-11-12-21/h7-10,21-22,25H,11-16,18-19H2,1-6H3. The normalized spacial score (nSPS) is 16.9. The van der Waals surface area contributed by atoms with Gasteiger partial charge >= 0.3 is 11.7 Å². The number of para-hydroxylation sites is 1. The summed E-state index contributed by atoms with van der Waals surface area (Å²) in [7, 11) is 0. The molecule has 1 saturated carbocycles. The third-order valence-corrected chi connectivity index (χ3v) is 9.30. The molecule has 2 fully saturated rings. The molecular weight excluding hydrogens is 582 g/mol. The molecule has 1 aromatic carbocycles. The molecule has 3 aromatic rings. The van der Waals surface area contributed by atoms with Crippen LogP contribution in [0, 0.1) is 24.2 Å². The number of benzene rings is 1. The molecule has 0 spiro atoms. The number of esters is 1. The van der Waals surface area contributed by atoms with Crippen molar-refractivity contribution in [2.45, 2.75) is 97.1 Å². The highest BCUT2D eigenvalue weighted by molar-refractivity contribution is 7.19. The minimum atomic E-state index is -1.64. The summed E-state index contributed by atoms with van der Waals surface area (Å²) < 4.78 is 26.6. The number of carbonyl (C=O) groups excluding carboxylic acids is 1. The van der Waals surface area contributed by atoms with Crippen LogP contribution in [-0.4, -0.2) is 46.6 Å². The van der Waals surface area contributed by atoms with Crippen LogP contribution in [0.25, 0.3) is 10.2 Å². The molecule has 5 rings (SSSR count). The van der Waals surface area contributed by atoms with Gasteiger partial charge in [-0.3, -0.25) is 9.36 Å². The van der Waals surface area contributed by atoms with E-state index in [0.717, 1.165) is 34.3 Å². The first-order valence-electron chi connectivity index (χ1n) is 15.2. The number of hydrogen-bond donors (Lipinski definition) is 0. The number of aryl methyl sites for hydroxylation is 1. The number of rotatable bonds is 10. The summed E-state index contributed by atoms with van der Waals surface area (Å²) in [5.41, 5.74) is -2.53. The number of ether oxygens (including phenoxy) is 4. The van der Waals surface area contributed by atoms with Crippen molar-refractivity contribution in [3.05, 3.63) is 61.1 Å². The van der Waals surface area contributed by atoms with Crippen molar-refractivity contribution in [2.24, 2.45) is 5.92 Å². The molecule has 1 saturated heterocycles. The first kappa shape index (κ1) is 31.9. The summed E-state index contributed by atoms with van der Waals surface area (Å²) in [5.74, 6) is 0.512. The van der Waals surface area contributed by atoms with Gasteiger partial charge in [0.05, 0.1) is 24.6 Å². The average Bonchev–Trinajstić information content (AvgIpc) is 3.74. The number of aromatic nitrogens is 2. The van der Waals surface area contributed by atoms with Crippen LogP contribution in [0.4, 0.5) is 0 Å². The summed E-state index contributed by atoms with van der Waals surface area (Å²) in [6, 6.07) is 9.83. The molecule has 44 heavy (non-hydrogen) atoms. The maximum atomic E-state index is 14.4. The molecule has 1 aliphatic carbocycles. The third-order valence-electron chi connectivity index (χ3n) is 8.08. The summed E-state index contributed by atoms with van der Waals surface area (Å²) in [5, 5.41) is 10.1. The van der Waals surface area contributed by atoms with Gasteiger partial charge in [-0.05, 0) is 84.8 Å². The fourth-order valence-corrected chi connectivity index (χ4v) is 6.50. The van der Waals surface area contributed by atoms with Gasteiger partial charge in [-0.1, -0.05) is 18.2 Å². The van der Waals surface area contributed by atoms with E-state index in [2.05, 4.69) is 6.07 Å². The molecule has 3 heterocycles. The Labute approximate surface area is 261 Å². The Balaban J connectivity index is 1.67. The van der Waals surface area contributed by atoms with Gasteiger partial charge in [-0.25, -0.2) is 14.2 Å². The molecule has 11 heteroatoms. The lowest BCUT2D eigenvalue weighted by molar-refractivity contribution is -0.164. The van der Waals surface area contributed by atoms with Crippen molar-refractivity contribution < 1.29 is 23.7 Å². The molecule has 1 unspecified atom stereocenters. The molecule has 0 bridgehead atoms. The van der Waals surface area contributed by atoms with Crippen LogP contribution in [0.5, 0.6) is 5.75 Å². The highest BCUT2D eigenvalue weighted by Crippen LogP contribution is 2.36. The molecule has 2 aromatic heterocycles. The quantitative estimate of drug-likeness (QED) is 0.282. The zero-order valence-electron chi connectivity index (χ0n) is 26.3. The average molecular weight is 624 g/mol. The minimum Gasteiger partial charge on any atom is -0.493 e. The molecule has 10 nitrogen and oxygen atoms in total. The lowest BCUT2D eigenvalue weighted by Crippen LogP contribution is -2.54. The van der Waals surface area contributed by atoms with Gasteiger partial charge in [-0.15, -0.1) is 11.3 Å². The lowest BCUT2D eigenvalue weighted by Gasteiger charge is -2.31. The van der Waals surface area contributed by atoms with Crippen molar-refractivity contribution in [3.8, 4) is 11.8 Å². The number of carbonyl (C=O) groups is 1. The number of thiophene rings is 1. The van der Waals surface area contributed by atoms with Crippen LogP contribution >= 0.6 is 11.3 Å². The second kappa shape index (κ2) is 12.5. The third kappa shape index (κ3) is 6.63. The first-order valence-corrected chi connectivity index (χ1v) is 16.0. The number of fused-ring (bicyclic) bond motifs is 1. The maximum absolute atomic E-state index is 14.4. The minimum absolute atomic E-state index is 0.0337. The van der Waals surface area contributed by atoms with E-state index in [9.17, 15) is 19.6 Å². The van der Waals surface area contributed by atoms with Crippen molar-refractivity contribution in [3.63, 3.8) is 0 Å². The zero-order valence-corrected chi connectivity index (χ0v) is 27.1. The van der Waals surface area contributed by atoms with E-state index in [4.69, 9.17) is 18.9 Å². The largest absolute Gasteiger partial charge is 0.493 e. The van der Waals surface area contributed by atoms with Crippen molar-refractivity contribution in [2.75, 3.05) is 19.8 Å². The van der Waals surface area contributed by atoms with Crippen LogP contribution in [0.1, 0.15) is 82.4 Å². The van der Waals surface area contributed by atoms with Crippen LogP contribution < -0.4 is 16.0 Å². The Morgan fingerprint density at radius 1 is 1.11 bits per heavy atom. The smallest absolute Gasteiger partial charge is 0.333 e. The topological polar surface area (TPSA) is 122 Å². The van der Waals surface area contributed by atoms with Crippen molar-refractivity contribution in [1.82, 2.24) is 9.13 Å². The molecule has 236 valence electrons. The second-order valence-corrected chi connectivity index (χ2v) is 14.2. The molecule has 0 N–H and O–H groups in total. The van der Waals surface area contributed by atoms with Gasteiger partial charge in [-0.2, -0.15) is 5.26 Å². The maximum Gasteiger partial charge on any atom is 0.333 e. The fraction of sp³-hybridized carbons (Fsp3) is 0.576. The SMILES string of the molecule is Cc1c(C#N)sc2c1c(=O)n(C(C)(C)C(=O)OC(C)(C)C)c(=O)n2CC(OC1CCOCC1)c1ccccc1OCC1CC1. The summed E-state index contributed by atoms with van der Waals surface area (Å²) in [6.07, 6.45) is 2.96. The van der Waals surface area contributed by atoms with Crippen molar-refractivity contribution >= 4 is 27.5 Å². The van der Waals surface area contributed by atoms with Crippen LogP contribution in [0.2, 0.25) is 0 Å². The monoisotopic (exact) mass is 623 g/mol. The molecule has 2 aliphatic rings. The zero-order chi connectivity index (χ0) is 31.8. The van der Waals surface area contributed by atoms with Gasteiger partial charge in [0.15, 0.2) is 0 Å². The van der Waals surface area contributed by atoms with Crippen LogP contribution in [0.3, 0.4) is 0 Å². The Morgan fingerprint density at radius 3 is 2.43 bits per heavy atom. The second-order valence-electron chi connectivity index (χ2n) is 13.2.